The highest BCUT2D eigenvalue weighted by Gasteiger charge is 2.25. The van der Waals surface area contributed by atoms with Crippen molar-refractivity contribution < 1.29 is 19.4 Å². The molecule has 1 aliphatic heterocycles. The molecule has 0 fully saturated rings. The summed E-state index contributed by atoms with van der Waals surface area (Å²) in [4.78, 5) is 16.0. The van der Waals surface area contributed by atoms with Crippen molar-refractivity contribution in [3.8, 4) is 17.8 Å². The Labute approximate surface area is 185 Å². The van der Waals surface area contributed by atoms with E-state index in [9.17, 15) is 9.90 Å². The maximum atomic E-state index is 11.7. The first kappa shape index (κ1) is 21.5. The Morgan fingerprint density at radius 2 is 2.19 bits per heavy atom. The molecule has 3 heterocycles. The smallest absolute Gasteiger partial charge is 0.338 e. The Balaban J connectivity index is 1.46. The minimum Gasteiger partial charge on any atom is -0.481 e. The van der Waals surface area contributed by atoms with Gasteiger partial charge >= 0.3 is 5.97 Å². The molecule has 32 heavy (non-hydrogen) atoms. The highest BCUT2D eigenvalue weighted by atomic mass is 16.5. The minimum absolute atomic E-state index is 0.243. The molecule has 1 aromatic carbocycles. The predicted molar refractivity (Wildman–Crippen MR) is 114 cm³/mol. The Morgan fingerprint density at radius 3 is 2.91 bits per heavy atom. The van der Waals surface area contributed by atoms with Crippen molar-refractivity contribution >= 4 is 5.97 Å². The first-order valence-electron chi connectivity index (χ1n) is 10.1. The van der Waals surface area contributed by atoms with Crippen LogP contribution in [0.25, 0.3) is 5.82 Å². The van der Waals surface area contributed by atoms with Crippen molar-refractivity contribution in [3.63, 3.8) is 0 Å². The summed E-state index contributed by atoms with van der Waals surface area (Å²) in [5.74, 6) is 0.751. The summed E-state index contributed by atoms with van der Waals surface area (Å²) in [6.45, 7) is 4.69. The van der Waals surface area contributed by atoms with Crippen LogP contribution in [-0.2, 0) is 17.9 Å². The number of nitrogens with zero attached hydrogens (tertiary/aromatic N) is 4. The van der Waals surface area contributed by atoms with Crippen LogP contribution in [0.4, 0.5) is 0 Å². The molecule has 0 saturated carbocycles. The number of nitriles is 1. The quantitative estimate of drug-likeness (QED) is 0.544. The largest absolute Gasteiger partial charge is 0.481 e. The molecule has 0 bridgehead atoms. The number of ether oxygens (including phenoxy) is 2. The molecule has 9 nitrogen and oxygen atoms in total. The number of fused-ring (bicyclic) bond motifs is 1. The number of aryl methyl sites for hydroxylation is 1. The third-order valence-corrected chi connectivity index (χ3v) is 5.64. The number of aliphatic hydroxyl groups excluding tert-OH is 1. The van der Waals surface area contributed by atoms with Crippen molar-refractivity contribution in [2.24, 2.45) is 0 Å². The number of aromatic nitrogens is 3. The average molecular weight is 433 g/mol. The highest BCUT2D eigenvalue weighted by molar-refractivity contribution is 5.93. The van der Waals surface area contributed by atoms with Gasteiger partial charge in [-0.15, -0.1) is 0 Å². The summed E-state index contributed by atoms with van der Waals surface area (Å²) >= 11 is 0. The third-order valence-electron chi connectivity index (χ3n) is 5.64. The van der Waals surface area contributed by atoms with E-state index in [1.165, 1.54) is 6.20 Å². The minimum atomic E-state index is -0.750. The lowest BCUT2D eigenvalue weighted by Gasteiger charge is -2.16. The number of benzene rings is 1. The molecule has 1 aliphatic rings. The molecule has 0 aliphatic carbocycles. The Kier molecular flexibility index (Phi) is 5.90. The van der Waals surface area contributed by atoms with Gasteiger partial charge in [0.1, 0.15) is 12.7 Å². The predicted octanol–water partition coefficient (Wildman–Crippen LogP) is 2.26. The number of aliphatic hydroxyl groups is 1. The summed E-state index contributed by atoms with van der Waals surface area (Å²) in [6.07, 6.45) is 2.44. The summed E-state index contributed by atoms with van der Waals surface area (Å²) < 4.78 is 12.2. The molecular formula is C23H23N5O4. The van der Waals surface area contributed by atoms with Crippen LogP contribution in [-0.4, -0.2) is 39.5 Å². The van der Waals surface area contributed by atoms with E-state index in [4.69, 9.17) is 14.7 Å². The number of esters is 1. The van der Waals surface area contributed by atoms with Gasteiger partial charge in [0.05, 0.1) is 30.5 Å². The zero-order valence-corrected chi connectivity index (χ0v) is 18.0. The van der Waals surface area contributed by atoms with Crippen molar-refractivity contribution in [2.75, 3.05) is 13.7 Å². The van der Waals surface area contributed by atoms with Crippen molar-refractivity contribution in [1.82, 2.24) is 20.1 Å². The van der Waals surface area contributed by atoms with Gasteiger partial charge in [0.2, 0.25) is 5.88 Å². The van der Waals surface area contributed by atoms with Crippen LogP contribution in [0.5, 0.6) is 5.88 Å². The van der Waals surface area contributed by atoms with E-state index in [1.54, 1.807) is 36.2 Å². The lowest BCUT2D eigenvalue weighted by molar-refractivity contribution is 0.0535. The maximum absolute atomic E-state index is 11.7. The summed E-state index contributed by atoms with van der Waals surface area (Å²) in [7, 11) is 1.56. The van der Waals surface area contributed by atoms with Gasteiger partial charge < -0.3 is 19.9 Å². The fraction of sp³-hybridized carbons (Fsp3) is 0.304. The second-order valence-electron chi connectivity index (χ2n) is 7.59. The average Bonchev–Trinajstić information content (AvgIpc) is 3.37. The van der Waals surface area contributed by atoms with Gasteiger partial charge in [-0.05, 0) is 42.7 Å². The number of cyclic esters (lactones) is 1. The number of rotatable bonds is 7. The molecule has 0 unspecified atom stereocenters. The van der Waals surface area contributed by atoms with E-state index >= 15 is 0 Å². The Morgan fingerprint density at radius 1 is 1.38 bits per heavy atom. The van der Waals surface area contributed by atoms with E-state index in [2.05, 4.69) is 21.5 Å². The second kappa shape index (κ2) is 8.78. The molecule has 9 heteroatoms. The molecule has 164 valence electrons. The fourth-order valence-electron chi connectivity index (χ4n) is 3.83. The third kappa shape index (κ3) is 3.82. The van der Waals surface area contributed by atoms with Gasteiger partial charge in [0.15, 0.2) is 5.82 Å². The molecule has 0 amide bonds. The Hall–Kier alpha value is -3.74. The van der Waals surface area contributed by atoms with Crippen molar-refractivity contribution in [1.29, 1.82) is 5.26 Å². The van der Waals surface area contributed by atoms with E-state index < -0.39 is 6.10 Å². The SMILES string of the molecule is COc1c(CNC[C@H](O)c2ccc3c(c2C)COC3=O)cnn1-c1cc(C)c(C#N)cn1. The number of carbonyl (C=O) groups is 1. The molecule has 4 rings (SSSR count). The maximum Gasteiger partial charge on any atom is 0.338 e. The van der Waals surface area contributed by atoms with Crippen molar-refractivity contribution in [2.45, 2.75) is 33.1 Å². The summed E-state index contributed by atoms with van der Waals surface area (Å²) in [6, 6.07) is 7.35. The molecule has 0 radical (unpaired) electrons. The van der Waals surface area contributed by atoms with E-state index in [0.29, 0.717) is 35.9 Å². The number of methoxy groups -OCH3 is 1. The van der Waals surface area contributed by atoms with Crippen LogP contribution in [0.2, 0.25) is 0 Å². The molecule has 0 saturated heterocycles. The molecule has 2 aromatic heterocycles. The summed E-state index contributed by atoms with van der Waals surface area (Å²) in [5.41, 5.74) is 5.14. The number of nitrogens with one attached hydrogen (secondary N) is 1. The highest BCUT2D eigenvalue weighted by Crippen LogP contribution is 2.29. The van der Waals surface area contributed by atoms with Crippen molar-refractivity contribution in [3.05, 3.63) is 69.5 Å². The fourth-order valence-corrected chi connectivity index (χ4v) is 3.83. The summed E-state index contributed by atoms with van der Waals surface area (Å²) in [5, 5.41) is 27.4. The first-order chi connectivity index (χ1) is 15.4. The van der Waals surface area contributed by atoms with Crippen LogP contribution in [0, 0.1) is 25.2 Å². The van der Waals surface area contributed by atoms with Gasteiger partial charge in [-0.1, -0.05) is 6.07 Å². The standard InChI is InChI=1S/C23H23N5O4/c1-13-6-21(26-9-15(13)7-24)28-22(31-3)16(10-27-28)8-25-11-20(29)17-4-5-18-19(14(17)2)12-32-23(18)30/h4-6,9-10,20,25,29H,8,11-12H2,1-3H3/t20-/m0/s1. The van der Waals surface area contributed by atoms with Gasteiger partial charge in [0.25, 0.3) is 0 Å². The van der Waals surface area contributed by atoms with Crippen LogP contribution >= 0.6 is 0 Å². The zero-order chi connectivity index (χ0) is 22.8. The Bertz CT molecular complexity index is 1230. The van der Waals surface area contributed by atoms with Crippen LogP contribution in [0.3, 0.4) is 0 Å². The van der Waals surface area contributed by atoms with Gasteiger partial charge in [0, 0.05) is 30.4 Å². The van der Waals surface area contributed by atoms with E-state index in [1.807, 2.05) is 13.8 Å². The second-order valence-corrected chi connectivity index (χ2v) is 7.59. The lowest BCUT2D eigenvalue weighted by atomic mass is 9.95. The molecular weight excluding hydrogens is 410 g/mol. The first-order valence-corrected chi connectivity index (χ1v) is 10.1. The number of hydrogen-bond donors (Lipinski definition) is 2. The monoisotopic (exact) mass is 433 g/mol. The number of pyridine rings is 1. The van der Waals surface area contributed by atoms with E-state index in [0.717, 1.165) is 27.8 Å². The van der Waals surface area contributed by atoms with E-state index in [-0.39, 0.29) is 12.6 Å². The molecule has 0 spiro atoms. The van der Waals surface area contributed by atoms with Crippen LogP contribution < -0.4 is 10.1 Å². The zero-order valence-electron chi connectivity index (χ0n) is 18.0. The topological polar surface area (TPSA) is 122 Å². The lowest BCUT2D eigenvalue weighted by Crippen LogP contribution is -2.22. The van der Waals surface area contributed by atoms with Gasteiger partial charge in [-0.25, -0.2) is 9.78 Å². The van der Waals surface area contributed by atoms with Gasteiger partial charge in [-0.2, -0.15) is 15.0 Å². The van der Waals surface area contributed by atoms with Gasteiger partial charge in [-0.3, -0.25) is 0 Å². The normalized spacial score (nSPS) is 13.4. The molecule has 3 aromatic rings. The van der Waals surface area contributed by atoms with Crippen LogP contribution in [0.15, 0.2) is 30.6 Å². The van der Waals surface area contributed by atoms with Crippen LogP contribution in [0.1, 0.15) is 49.8 Å². The molecule has 1 atom stereocenters. The molecule has 2 N–H and O–H groups in total. The number of carbonyl (C=O) groups excluding carboxylic acids is 1. The number of hydrogen-bond acceptors (Lipinski definition) is 8.